The molecular weight excluding hydrogens is 256 g/mol. The van der Waals surface area contributed by atoms with Crippen LogP contribution in [0, 0.1) is 0 Å². The maximum atomic E-state index is 11.7. The molecule has 0 aliphatic heterocycles. The number of carbonyl (C=O) groups is 1. The average Bonchev–Trinajstić information content (AvgIpc) is 2.49. The molecule has 0 saturated heterocycles. The Labute approximate surface area is 133 Å². The van der Waals surface area contributed by atoms with Gasteiger partial charge in [-0.25, -0.2) is 0 Å². The minimum absolute atomic E-state index is 0.491. The lowest BCUT2D eigenvalue weighted by molar-refractivity contribution is -0.119. The molecular formula is C20H38O. The van der Waals surface area contributed by atoms with E-state index < -0.39 is 0 Å². The first kappa shape index (κ1) is 20.4. The van der Waals surface area contributed by atoms with Crippen molar-refractivity contribution in [2.24, 2.45) is 0 Å². The van der Waals surface area contributed by atoms with Crippen molar-refractivity contribution in [1.82, 2.24) is 0 Å². The maximum absolute atomic E-state index is 11.7. The summed E-state index contributed by atoms with van der Waals surface area (Å²) < 4.78 is 0. The van der Waals surface area contributed by atoms with Gasteiger partial charge in [-0.3, -0.25) is 4.79 Å². The van der Waals surface area contributed by atoms with Gasteiger partial charge in [0.05, 0.1) is 0 Å². The molecule has 0 radical (unpaired) electrons. The predicted octanol–water partition coefficient (Wildman–Crippen LogP) is 7.00. The molecule has 0 aliphatic carbocycles. The molecule has 0 N–H and O–H groups in total. The van der Waals surface area contributed by atoms with Crippen LogP contribution in [0.5, 0.6) is 0 Å². The van der Waals surface area contributed by atoms with Crippen LogP contribution in [-0.2, 0) is 4.79 Å². The smallest absolute Gasteiger partial charge is 0.132 e. The molecule has 0 bridgehead atoms. The standard InChI is InChI=1S/C20H38O/c1-3-5-7-9-11-13-15-17-19-20(21)18-16-14-12-10-8-6-4-2/h6,8H,3-5,7,9-19H2,1-2H3. The van der Waals surface area contributed by atoms with Gasteiger partial charge in [-0.1, -0.05) is 77.4 Å². The van der Waals surface area contributed by atoms with E-state index in [0.717, 1.165) is 32.1 Å². The molecule has 0 spiro atoms. The molecule has 0 aromatic rings. The van der Waals surface area contributed by atoms with E-state index in [-0.39, 0.29) is 0 Å². The zero-order valence-corrected chi connectivity index (χ0v) is 14.7. The van der Waals surface area contributed by atoms with E-state index in [1.54, 1.807) is 0 Å². The average molecular weight is 295 g/mol. The Morgan fingerprint density at radius 3 is 1.76 bits per heavy atom. The largest absolute Gasteiger partial charge is 0.300 e. The Hall–Kier alpha value is -0.590. The number of carbonyl (C=O) groups excluding carboxylic acids is 1. The lowest BCUT2D eigenvalue weighted by atomic mass is 10.0. The normalized spacial score (nSPS) is 11.3. The highest BCUT2D eigenvalue weighted by atomic mass is 16.1. The van der Waals surface area contributed by atoms with Crippen LogP contribution in [-0.4, -0.2) is 5.78 Å². The van der Waals surface area contributed by atoms with E-state index in [1.165, 1.54) is 64.2 Å². The molecule has 0 unspecified atom stereocenters. The second-order valence-electron chi connectivity index (χ2n) is 6.24. The number of ketones is 1. The minimum Gasteiger partial charge on any atom is -0.300 e. The summed E-state index contributed by atoms with van der Waals surface area (Å²) >= 11 is 0. The van der Waals surface area contributed by atoms with Crippen LogP contribution >= 0.6 is 0 Å². The van der Waals surface area contributed by atoms with Gasteiger partial charge in [-0.15, -0.1) is 0 Å². The van der Waals surface area contributed by atoms with Crippen LogP contribution in [0.25, 0.3) is 0 Å². The fourth-order valence-electron chi connectivity index (χ4n) is 2.63. The van der Waals surface area contributed by atoms with E-state index in [1.807, 2.05) is 0 Å². The lowest BCUT2D eigenvalue weighted by Gasteiger charge is -2.02. The second-order valence-corrected chi connectivity index (χ2v) is 6.24. The first-order valence-corrected chi connectivity index (χ1v) is 9.48. The van der Waals surface area contributed by atoms with Crippen LogP contribution in [0.2, 0.25) is 0 Å². The van der Waals surface area contributed by atoms with Crippen molar-refractivity contribution in [3.05, 3.63) is 12.2 Å². The zero-order valence-electron chi connectivity index (χ0n) is 14.7. The fraction of sp³-hybridized carbons (Fsp3) is 0.850. The molecule has 0 atom stereocenters. The van der Waals surface area contributed by atoms with E-state index in [2.05, 4.69) is 26.0 Å². The Kier molecular flexibility index (Phi) is 17.0. The van der Waals surface area contributed by atoms with Gasteiger partial charge in [-0.05, 0) is 32.1 Å². The van der Waals surface area contributed by atoms with Gasteiger partial charge >= 0.3 is 0 Å². The van der Waals surface area contributed by atoms with E-state index in [4.69, 9.17) is 0 Å². The van der Waals surface area contributed by atoms with Gasteiger partial charge in [0.1, 0.15) is 5.78 Å². The van der Waals surface area contributed by atoms with Crippen LogP contribution in [0.1, 0.15) is 110 Å². The van der Waals surface area contributed by atoms with Gasteiger partial charge in [0, 0.05) is 12.8 Å². The highest BCUT2D eigenvalue weighted by molar-refractivity contribution is 5.78. The molecule has 21 heavy (non-hydrogen) atoms. The summed E-state index contributed by atoms with van der Waals surface area (Å²) in [6.45, 7) is 4.42. The Balaban J connectivity index is 3.18. The van der Waals surface area contributed by atoms with Crippen LogP contribution in [0.3, 0.4) is 0 Å². The molecule has 0 aliphatic rings. The first-order chi connectivity index (χ1) is 10.3. The summed E-state index contributed by atoms with van der Waals surface area (Å²) in [6, 6.07) is 0. The van der Waals surface area contributed by atoms with E-state index in [9.17, 15) is 4.79 Å². The number of rotatable bonds is 16. The van der Waals surface area contributed by atoms with Gasteiger partial charge in [0.15, 0.2) is 0 Å². The summed E-state index contributed by atoms with van der Waals surface area (Å²) in [5.74, 6) is 0.491. The minimum atomic E-state index is 0.491. The first-order valence-electron chi connectivity index (χ1n) is 9.48. The van der Waals surface area contributed by atoms with Crippen molar-refractivity contribution >= 4 is 5.78 Å². The second kappa shape index (κ2) is 17.5. The molecule has 0 amide bonds. The monoisotopic (exact) mass is 294 g/mol. The lowest BCUT2D eigenvalue weighted by Crippen LogP contribution is -1.97. The SMILES string of the molecule is CCC=CCCCCCC(=O)CCCCCCCCCC. The van der Waals surface area contributed by atoms with Crippen LogP contribution in [0.15, 0.2) is 12.2 Å². The fourth-order valence-corrected chi connectivity index (χ4v) is 2.63. The Morgan fingerprint density at radius 1 is 0.667 bits per heavy atom. The molecule has 1 nitrogen and oxygen atoms in total. The number of unbranched alkanes of at least 4 members (excludes halogenated alkanes) is 10. The highest BCUT2D eigenvalue weighted by Crippen LogP contribution is 2.11. The Morgan fingerprint density at radius 2 is 1.19 bits per heavy atom. The number of hydrogen-bond donors (Lipinski definition) is 0. The molecule has 0 aromatic heterocycles. The van der Waals surface area contributed by atoms with Gasteiger partial charge in [0.2, 0.25) is 0 Å². The van der Waals surface area contributed by atoms with E-state index >= 15 is 0 Å². The Bertz CT molecular complexity index is 242. The van der Waals surface area contributed by atoms with Gasteiger partial charge in [0.25, 0.3) is 0 Å². The topological polar surface area (TPSA) is 17.1 Å². The van der Waals surface area contributed by atoms with Crippen molar-refractivity contribution in [2.75, 3.05) is 0 Å². The van der Waals surface area contributed by atoms with Crippen molar-refractivity contribution in [3.8, 4) is 0 Å². The van der Waals surface area contributed by atoms with Crippen molar-refractivity contribution in [2.45, 2.75) is 110 Å². The van der Waals surface area contributed by atoms with Crippen LogP contribution in [0.4, 0.5) is 0 Å². The highest BCUT2D eigenvalue weighted by Gasteiger charge is 2.01. The number of Topliss-reactive ketones (excluding diaryl/α,β-unsaturated/α-hetero) is 1. The van der Waals surface area contributed by atoms with Crippen molar-refractivity contribution in [1.29, 1.82) is 0 Å². The third-order valence-electron chi connectivity index (χ3n) is 4.04. The third-order valence-corrected chi connectivity index (χ3v) is 4.04. The van der Waals surface area contributed by atoms with Gasteiger partial charge < -0.3 is 0 Å². The summed E-state index contributed by atoms with van der Waals surface area (Å²) in [5.41, 5.74) is 0. The molecule has 124 valence electrons. The molecule has 0 fully saturated rings. The zero-order chi connectivity index (χ0) is 15.6. The molecule has 0 aromatic carbocycles. The summed E-state index contributed by atoms with van der Waals surface area (Å²) in [5, 5.41) is 0. The molecule has 0 rings (SSSR count). The molecule has 0 saturated carbocycles. The molecule has 1 heteroatoms. The number of allylic oxidation sites excluding steroid dienone is 2. The predicted molar refractivity (Wildman–Crippen MR) is 94.8 cm³/mol. The third kappa shape index (κ3) is 17.4. The van der Waals surface area contributed by atoms with Crippen molar-refractivity contribution < 1.29 is 4.79 Å². The molecule has 0 heterocycles. The maximum Gasteiger partial charge on any atom is 0.132 e. The quantitative estimate of drug-likeness (QED) is 0.221. The summed E-state index contributed by atoms with van der Waals surface area (Å²) in [4.78, 5) is 11.7. The van der Waals surface area contributed by atoms with Crippen LogP contribution < -0.4 is 0 Å². The summed E-state index contributed by atoms with van der Waals surface area (Å²) in [7, 11) is 0. The van der Waals surface area contributed by atoms with Gasteiger partial charge in [-0.2, -0.15) is 0 Å². The van der Waals surface area contributed by atoms with E-state index in [0.29, 0.717) is 5.78 Å². The summed E-state index contributed by atoms with van der Waals surface area (Å²) in [6.07, 6.45) is 22.5. The number of hydrogen-bond acceptors (Lipinski definition) is 1. The van der Waals surface area contributed by atoms with Crippen molar-refractivity contribution in [3.63, 3.8) is 0 Å².